The third-order valence-electron chi connectivity index (χ3n) is 6.33. The molecule has 2 aromatic heterocycles. The Kier molecular flexibility index (Phi) is 6.94. The van der Waals surface area contributed by atoms with Gasteiger partial charge < -0.3 is 15.1 Å². The smallest absolute Gasteiger partial charge is 0.256 e. The van der Waals surface area contributed by atoms with Crippen LogP contribution in [0.4, 0.5) is 10.2 Å². The number of thioether (sulfide) groups is 1. The molecule has 0 saturated carbocycles. The van der Waals surface area contributed by atoms with E-state index in [1.807, 2.05) is 17.0 Å². The van der Waals surface area contributed by atoms with Crippen LogP contribution < -0.4 is 10.2 Å². The molecule has 1 aromatic carbocycles. The van der Waals surface area contributed by atoms with E-state index in [1.54, 1.807) is 42.2 Å². The predicted molar refractivity (Wildman–Crippen MR) is 135 cm³/mol. The van der Waals surface area contributed by atoms with Crippen molar-refractivity contribution >= 4 is 29.4 Å². The predicted octanol–water partition coefficient (Wildman–Crippen LogP) is 3.83. The summed E-state index contributed by atoms with van der Waals surface area (Å²) in [4.78, 5) is 38.1. The number of hydrogen-bond acceptors (Lipinski definition) is 6. The Morgan fingerprint density at radius 2 is 1.77 bits per heavy atom. The molecule has 0 radical (unpaired) electrons. The lowest BCUT2D eigenvalue weighted by Crippen LogP contribution is -2.45. The van der Waals surface area contributed by atoms with Gasteiger partial charge in [-0.3, -0.25) is 14.6 Å². The van der Waals surface area contributed by atoms with Gasteiger partial charge in [-0.25, -0.2) is 9.37 Å². The summed E-state index contributed by atoms with van der Waals surface area (Å²) in [5.74, 6) is 2.13. The summed E-state index contributed by atoms with van der Waals surface area (Å²) in [6, 6.07) is 13.5. The molecule has 0 aliphatic carbocycles. The van der Waals surface area contributed by atoms with E-state index in [0.717, 1.165) is 49.9 Å². The number of anilines is 1. The molecule has 35 heavy (non-hydrogen) atoms. The maximum atomic E-state index is 13.4. The third kappa shape index (κ3) is 5.45. The lowest BCUT2D eigenvalue weighted by Gasteiger charge is -2.33. The highest BCUT2D eigenvalue weighted by Gasteiger charge is 2.24. The second-order valence-electron chi connectivity index (χ2n) is 8.69. The van der Waals surface area contributed by atoms with Crippen LogP contribution in [-0.4, -0.2) is 64.0 Å². The highest BCUT2D eigenvalue weighted by molar-refractivity contribution is 7.99. The first kappa shape index (κ1) is 23.3. The zero-order valence-electron chi connectivity index (χ0n) is 19.2. The first-order chi connectivity index (χ1) is 17.1. The normalized spacial score (nSPS) is 16.4. The number of carbonyl (C=O) groups is 2. The first-order valence-corrected chi connectivity index (χ1v) is 12.8. The van der Waals surface area contributed by atoms with Crippen molar-refractivity contribution < 1.29 is 14.0 Å². The Balaban J connectivity index is 1.13. The molecule has 9 heteroatoms. The lowest BCUT2D eigenvalue weighted by atomic mass is 10.0. The molecule has 0 spiro atoms. The Hall–Kier alpha value is -3.46. The molecule has 2 aliphatic rings. The van der Waals surface area contributed by atoms with Crippen LogP contribution in [0, 0.1) is 5.82 Å². The van der Waals surface area contributed by atoms with E-state index in [-0.39, 0.29) is 23.7 Å². The van der Waals surface area contributed by atoms with Crippen molar-refractivity contribution in [1.82, 2.24) is 20.2 Å². The minimum Gasteiger partial charge on any atom is -0.356 e. The average molecular weight is 492 g/mol. The van der Waals surface area contributed by atoms with Gasteiger partial charge in [0.25, 0.3) is 11.8 Å². The van der Waals surface area contributed by atoms with E-state index in [9.17, 15) is 14.0 Å². The Morgan fingerprint density at radius 1 is 0.971 bits per heavy atom. The molecule has 2 aliphatic heterocycles. The second kappa shape index (κ2) is 10.4. The summed E-state index contributed by atoms with van der Waals surface area (Å²) in [6.07, 6.45) is 4.79. The number of rotatable bonds is 5. The fourth-order valence-corrected chi connectivity index (χ4v) is 5.27. The van der Waals surface area contributed by atoms with Crippen LogP contribution in [0.25, 0.3) is 11.3 Å². The molecule has 180 valence electrons. The largest absolute Gasteiger partial charge is 0.356 e. The highest BCUT2D eigenvalue weighted by atomic mass is 32.2. The third-order valence-corrected chi connectivity index (χ3v) is 7.30. The van der Waals surface area contributed by atoms with Crippen molar-refractivity contribution in [3.05, 3.63) is 77.9 Å². The van der Waals surface area contributed by atoms with Crippen LogP contribution in [0.1, 0.15) is 33.6 Å². The molecule has 1 N–H and O–H groups in total. The summed E-state index contributed by atoms with van der Waals surface area (Å²) in [5, 5.41) is 3.09. The van der Waals surface area contributed by atoms with Crippen molar-refractivity contribution in [3.8, 4) is 11.3 Å². The fraction of sp³-hybridized carbons (Fsp3) is 0.308. The van der Waals surface area contributed by atoms with E-state index in [0.29, 0.717) is 22.4 Å². The van der Waals surface area contributed by atoms with Crippen LogP contribution >= 0.6 is 11.8 Å². The van der Waals surface area contributed by atoms with E-state index >= 15 is 0 Å². The van der Waals surface area contributed by atoms with Gasteiger partial charge in [0, 0.05) is 49.4 Å². The van der Waals surface area contributed by atoms with Crippen LogP contribution in [0.15, 0.2) is 60.9 Å². The van der Waals surface area contributed by atoms with Gasteiger partial charge in [-0.05, 0) is 49.2 Å². The Bertz CT molecular complexity index is 1190. The number of amides is 2. The number of halogens is 1. The van der Waals surface area contributed by atoms with Crippen molar-refractivity contribution in [3.63, 3.8) is 0 Å². The van der Waals surface area contributed by atoms with Gasteiger partial charge in [0.15, 0.2) is 0 Å². The second-order valence-corrected chi connectivity index (χ2v) is 9.76. The number of aromatic nitrogens is 2. The van der Waals surface area contributed by atoms with Crippen LogP contribution in [0.2, 0.25) is 0 Å². The van der Waals surface area contributed by atoms with Crippen molar-refractivity contribution in [2.45, 2.75) is 18.9 Å². The zero-order chi connectivity index (χ0) is 24.2. The molecular weight excluding hydrogens is 465 g/mol. The molecule has 2 amide bonds. The fourth-order valence-electron chi connectivity index (χ4n) is 4.32. The Labute approximate surface area is 207 Å². The van der Waals surface area contributed by atoms with Crippen LogP contribution in [0.5, 0.6) is 0 Å². The molecule has 7 nitrogen and oxygen atoms in total. The van der Waals surface area contributed by atoms with Crippen molar-refractivity contribution in [2.75, 3.05) is 36.2 Å². The van der Waals surface area contributed by atoms with E-state index in [1.165, 1.54) is 18.3 Å². The van der Waals surface area contributed by atoms with Gasteiger partial charge in [0.1, 0.15) is 11.6 Å². The van der Waals surface area contributed by atoms with Crippen LogP contribution in [0.3, 0.4) is 0 Å². The van der Waals surface area contributed by atoms with E-state index in [2.05, 4.69) is 20.2 Å². The van der Waals surface area contributed by atoms with Gasteiger partial charge >= 0.3 is 0 Å². The number of nitrogens with zero attached hydrogens (tertiary/aromatic N) is 4. The Morgan fingerprint density at radius 3 is 2.43 bits per heavy atom. The molecule has 0 bridgehead atoms. The minimum absolute atomic E-state index is 0.0360. The molecule has 3 aromatic rings. The molecule has 2 fully saturated rings. The topological polar surface area (TPSA) is 78.4 Å². The molecule has 0 unspecified atom stereocenters. The standard InChI is InChI=1S/C26H26FN5O2S/c27-21-3-1-2-18(14-21)23-6-4-19(15-28-23)25(33)30-22-8-10-31(11-9-22)24-7-5-20(16-29-24)26(34)32-12-13-35-17-32/h1-7,14-16,22H,8-13,17H2,(H,30,33). The number of carbonyl (C=O) groups excluding carboxylic acids is 2. The van der Waals surface area contributed by atoms with Gasteiger partial charge in [-0.2, -0.15) is 0 Å². The molecular formula is C26H26FN5O2S. The highest BCUT2D eigenvalue weighted by Crippen LogP contribution is 2.21. The zero-order valence-corrected chi connectivity index (χ0v) is 20.0. The van der Waals surface area contributed by atoms with Crippen LogP contribution in [-0.2, 0) is 0 Å². The van der Waals surface area contributed by atoms with Gasteiger partial charge in [-0.1, -0.05) is 12.1 Å². The summed E-state index contributed by atoms with van der Waals surface area (Å²) < 4.78 is 13.4. The number of nitrogens with one attached hydrogen (secondary N) is 1. The number of piperidine rings is 1. The van der Waals surface area contributed by atoms with Crippen molar-refractivity contribution in [2.24, 2.45) is 0 Å². The van der Waals surface area contributed by atoms with E-state index < -0.39 is 0 Å². The number of pyridine rings is 2. The minimum atomic E-state index is -0.321. The lowest BCUT2D eigenvalue weighted by molar-refractivity contribution is 0.0802. The quantitative estimate of drug-likeness (QED) is 0.585. The first-order valence-electron chi connectivity index (χ1n) is 11.7. The number of hydrogen-bond donors (Lipinski definition) is 1. The maximum Gasteiger partial charge on any atom is 0.256 e. The van der Waals surface area contributed by atoms with Gasteiger partial charge in [0.05, 0.1) is 22.7 Å². The molecule has 2 saturated heterocycles. The average Bonchev–Trinajstić information content (AvgIpc) is 3.44. The monoisotopic (exact) mass is 491 g/mol. The molecule has 4 heterocycles. The van der Waals surface area contributed by atoms with Gasteiger partial charge in [0.2, 0.25) is 0 Å². The maximum absolute atomic E-state index is 13.4. The summed E-state index contributed by atoms with van der Waals surface area (Å²) >= 11 is 1.76. The SMILES string of the molecule is O=C(NC1CCN(c2ccc(C(=O)N3CCSC3)cn2)CC1)c1ccc(-c2cccc(F)c2)nc1. The number of benzene rings is 1. The molecule has 0 atom stereocenters. The summed E-state index contributed by atoms with van der Waals surface area (Å²) in [7, 11) is 0. The summed E-state index contributed by atoms with van der Waals surface area (Å²) in [5.41, 5.74) is 2.39. The molecule has 5 rings (SSSR count). The summed E-state index contributed by atoms with van der Waals surface area (Å²) in [6.45, 7) is 2.33. The van der Waals surface area contributed by atoms with Crippen molar-refractivity contribution in [1.29, 1.82) is 0 Å². The van der Waals surface area contributed by atoms with E-state index in [4.69, 9.17) is 0 Å². The van der Waals surface area contributed by atoms with Gasteiger partial charge in [-0.15, -0.1) is 11.8 Å².